The van der Waals surface area contributed by atoms with E-state index in [1.165, 1.54) is 7.11 Å². The van der Waals surface area contributed by atoms with E-state index in [0.29, 0.717) is 37.3 Å². The van der Waals surface area contributed by atoms with Gasteiger partial charge in [0, 0.05) is 13.2 Å². The third-order valence-corrected chi connectivity index (χ3v) is 4.69. The highest BCUT2D eigenvalue weighted by Crippen LogP contribution is 2.36. The van der Waals surface area contributed by atoms with Gasteiger partial charge in [-0.2, -0.15) is 0 Å². The van der Waals surface area contributed by atoms with Crippen molar-refractivity contribution in [2.45, 2.75) is 18.3 Å². The summed E-state index contributed by atoms with van der Waals surface area (Å²) >= 11 is 0. The predicted octanol–water partition coefficient (Wildman–Crippen LogP) is 3.16. The number of hydrogen-bond acceptors (Lipinski definition) is 4. The molecule has 0 aliphatic carbocycles. The fraction of sp³-hybridized carbons (Fsp3) is 0.300. The number of ether oxygens (including phenoxy) is 2. The van der Waals surface area contributed by atoms with E-state index in [0.717, 1.165) is 5.56 Å². The van der Waals surface area contributed by atoms with Crippen molar-refractivity contribution in [3.63, 3.8) is 0 Å². The normalized spacial score (nSPS) is 16.0. The second-order valence-electron chi connectivity index (χ2n) is 6.05. The molecule has 0 unspecified atom stereocenters. The zero-order valence-electron chi connectivity index (χ0n) is 14.2. The average molecular weight is 339 g/mol. The van der Waals surface area contributed by atoms with Crippen LogP contribution in [0.5, 0.6) is 0 Å². The summed E-state index contributed by atoms with van der Waals surface area (Å²) < 4.78 is 10.3. The summed E-state index contributed by atoms with van der Waals surface area (Å²) in [6.07, 6.45) is 1.20. The number of rotatable bonds is 4. The molecular formula is C20H21NO4. The largest absolute Gasteiger partial charge is 0.465 e. The van der Waals surface area contributed by atoms with Crippen LogP contribution in [0, 0.1) is 0 Å². The summed E-state index contributed by atoms with van der Waals surface area (Å²) in [5, 5.41) is 2.94. The van der Waals surface area contributed by atoms with Crippen molar-refractivity contribution in [1.29, 1.82) is 0 Å². The van der Waals surface area contributed by atoms with Gasteiger partial charge in [-0.3, -0.25) is 4.79 Å². The second-order valence-corrected chi connectivity index (χ2v) is 6.05. The Morgan fingerprint density at radius 2 is 1.64 bits per heavy atom. The Hall–Kier alpha value is -2.66. The van der Waals surface area contributed by atoms with E-state index >= 15 is 0 Å². The maximum Gasteiger partial charge on any atom is 0.339 e. The second kappa shape index (κ2) is 7.49. The fourth-order valence-electron chi connectivity index (χ4n) is 3.25. The van der Waals surface area contributed by atoms with Gasteiger partial charge in [0.05, 0.1) is 23.8 Å². The standard InChI is InChI=1S/C20H21NO4/c1-24-18(22)16-9-5-6-10-17(16)21-19(23)20(11-13-25-14-12-20)15-7-3-2-4-8-15/h2-10H,11-14H2,1H3,(H,21,23). The molecule has 1 heterocycles. The lowest BCUT2D eigenvalue weighted by Gasteiger charge is -2.36. The van der Waals surface area contributed by atoms with Gasteiger partial charge in [-0.15, -0.1) is 0 Å². The first-order valence-electron chi connectivity index (χ1n) is 8.29. The van der Waals surface area contributed by atoms with Crippen molar-refractivity contribution in [3.05, 3.63) is 65.7 Å². The molecule has 2 aromatic carbocycles. The molecule has 1 aliphatic heterocycles. The summed E-state index contributed by atoms with van der Waals surface area (Å²) in [4.78, 5) is 25.2. The average Bonchev–Trinajstić information content (AvgIpc) is 2.69. The highest BCUT2D eigenvalue weighted by molar-refractivity contribution is 6.04. The molecule has 5 heteroatoms. The van der Waals surface area contributed by atoms with Gasteiger partial charge in [-0.05, 0) is 30.5 Å². The number of benzene rings is 2. The molecule has 1 aliphatic rings. The predicted molar refractivity (Wildman–Crippen MR) is 94.6 cm³/mol. The minimum atomic E-state index is -0.664. The lowest BCUT2D eigenvalue weighted by atomic mass is 9.73. The molecule has 0 radical (unpaired) electrons. The van der Waals surface area contributed by atoms with Crippen LogP contribution >= 0.6 is 0 Å². The summed E-state index contributed by atoms with van der Waals surface area (Å²) in [7, 11) is 1.32. The first-order chi connectivity index (χ1) is 12.2. The van der Waals surface area contributed by atoms with Crippen LogP contribution in [-0.2, 0) is 19.7 Å². The maximum absolute atomic E-state index is 13.2. The summed E-state index contributed by atoms with van der Waals surface area (Å²) in [5.41, 5.74) is 1.10. The lowest BCUT2D eigenvalue weighted by Crippen LogP contribution is -2.45. The van der Waals surface area contributed by atoms with Crippen LogP contribution in [0.25, 0.3) is 0 Å². The first kappa shape index (κ1) is 17.2. The highest BCUT2D eigenvalue weighted by Gasteiger charge is 2.41. The van der Waals surface area contributed by atoms with Gasteiger partial charge in [0.2, 0.25) is 5.91 Å². The number of esters is 1. The van der Waals surface area contributed by atoms with Gasteiger partial charge in [0.25, 0.3) is 0 Å². The number of amides is 1. The van der Waals surface area contributed by atoms with Crippen molar-refractivity contribution in [2.75, 3.05) is 25.6 Å². The number of nitrogens with one attached hydrogen (secondary N) is 1. The number of carbonyl (C=O) groups is 2. The van der Waals surface area contributed by atoms with Crippen LogP contribution in [-0.4, -0.2) is 32.2 Å². The van der Waals surface area contributed by atoms with Gasteiger partial charge in [-0.25, -0.2) is 4.79 Å². The lowest BCUT2D eigenvalue weighted by molar-refractivity contribution is -0.125. The van der Waals surface area contributed by atoms with Crippen LogP contribution < -0.4 is 5.32 Å². The first-order valence-corrected chi connectivity index (χ1v) is 8.29. The third-order valence-electron chi connectivity index (χ3n) is 4.69. The molecule has 0 saturated carbocycles. The molecule has 3 rings (SSSR count). The van der Waals surface area contributed by atoms with Crippen molar-refractivity contribution in [1.82, 2.24) is 0 Å². The molecule has 1 fully saturated rings. The minimum absolute atomic E-state index is 0.127. The molecule has 1 N–H and O–H groups in total. The highest BCUT2D eigenvalue weighted by atomic mass is 16.5. The van der Waals surface area contributed by atoms with Crippen LogP contribution in [0.4, 0.5) is 5.69 Å². The van der Waals surface area contributed by atoms with Gasteiger partial charge in [-0.1, -0.05) is 42.5 Å². The molecule has 5 nitrogen and oxygen atoms in total. The number of anilines is 1. The zero-order valence-corrected chi connectivity index (χ0v) is 14.2. The Morgan fingerprint density at radius 1 is 1.00 bits per heavy atom. The Kier molecular flexibility index (Phi) is 5.14. The number of hydrogen-bond donors (Lipinski definition) is 1. The molecule has 2 aromatic rings. The van der Waals surface area contributed by atoms with Crippen molar-refractivity contribution in [2.24, 2.45) is 0 Å². The molecule has 0 bridgehead atoms. The maximum atomic E-state index is 13.2. The molecule has 130 valence electrons. The van der Waals surface area contributed by atoms with Crippen LogP contribution in [0.2, 0.25) is 0 Å². The molecule has 0 atom stereocenters. The Balaban J connectivity index is 1.94. The topological polar surface area (TPSA) is 64.6 Å². The van der Waals surface area contributed by atoms with Crippen LogP contribution in [0.1, 0.15) is 28.8 Å². The van der Waals surface area contributed by atoms with Gasteiger partial charge in [0.15, 0.2) is 0 Å². The van der Waals surface area contributed by atoms with E-state index in [1.807, 2.05) is 30.3 Å². The number of para-hydroxylation sites is 1. The quantitative estimate of drug-likeness (QED) is 0.869. The van der Waals surface area contributed by atoms with Crippen molar-refractivity contribution in [3.8, 4) is 0 Å². The van der Waals surface area contributed by atoms with Crippen LogP contribution in [0.3, 0.4) is 0 Å². The molecule has 0 aromatic heterocycles. The van der Waals surface area contributed by atoms with Crippen molar-refractivity contribution >= 4 is 17.6 Å². The Morgan fingerprint density at radius 3 is 2.32 bits per heavy atom. The summed E-state index contributed by atoms with van der Waals surface area (Å²) in [6.45, 7) is 1.06. The molecule has 0 spiro atoms. The van der Waals surface area contributed by atoms with Gasteiger partial charge < -0.3 is 14.8 Å². The molecule has 25 heavy (non-hydrogen) atoms. The molecule has 1 amide bonds. The van der Waals surface area contributed by atoms with Crippen molar-refractivity contribution < 1.29 is 19.1 Å². The number of methoxy groups -OCH3 is 1. The van der Waals surface area contributed by atoms with Gasteiger partial charge in [0.1, 0.15) is 0 Å². The SMILES string of the molecule is COC(=O)c1ccccc1NC(=O)C1(c2ccccc2)CCOCC1. The summed E-state index contributed by atoms with van der Waals surface area (Å²) in [5.74, 6) is -0.602. The van der Waals surface area contributed by atoms with E-state index in [4.69, 9.17) is 9.47 Å². The molecule has 1 saturated heterocycles. The van der Waals surface area contributed by atoms with E-state index in [-0.39, 0.29) is 5.91 Å². The zero-order chi connectivity index (χ0) is 17.7. The third kappa shape index (κ3) is 3.42. The van der Waals surface area contributed by atoms with E-state index in [1.54, 1.807) is 24.3 Å². The monoisotopic (exact) mass is 339 g/mol. The van der Waals surface area contributed by atoms with E-state index < -0.39 is 11.4 Å². The summed E-state index contributed by atoms with van der Waals surface area (Å²) in [6, 6.07) is 16.6. The Bertz CT molecular complexity index is 751. The van der Waals surface area contributed by atoms with Crippen LogP contribution in [0.15, 0.2) is 54.6 Å². The fourth-order valence-corrected chi connectivity index (χ4v) is 3.25. The number of carbonyl (C=O) groups excluding carboxylic acids is 2. The Labute approximate surface area is 147 Å². The minimum Gasteiger partial charge on any atom is -0.465 e. The molecular weight excluding hydrogens is 318 g/mol. The van der Waals surface area contributed by atoms with Gasteiger partial charge >= 0.3 is 5.97 Å². The van der Waals surface area contributed by atoms with E-state index in [9.17, 15) is 9.59 Å². The van der Waals surface area contributed by atoms with E-state index in [2.05, 4.69) is 5.32 Å². The smallest absolute Gasteiger partial charge is 0.339 e.